The zero-order valence-electron chi connectivity index (χ0n) is 18.6. The molecule has 0 fully saturated rings. The molecule has 0 radical (unpaired) electrons. The van der Waals surface area contributed by atoms with Crippen molar-refractivity contribution in [3.05, 3.63) is 60.2 Å². The normalized spacial score (nSPS) is 10.2. The van der Waals surface area contributed by atoms with Gasteiger partial charge in [-0.15, -0.1) is 0 Å². The molecule has 0 bridgehead atoms. The summed E-state index contributed by atoms with van der Waals surface area (Å²) in [6, 6.07) is 14.9. The molecule has 2 nitrogen and oxygen atoms in total. The molecule has 0 amide bonds. The van der Waals surface area contributed by atoms with E-state index in [1.54, 1.807) is 0 Å². The summed E-state index contributed by atoms with van der Waals surface area (Å²) in [5.74, 6) is 0.701. The minimum atomic E-state index is 0.701. The van der Waals surface area contributed by atoms with E-state index in [-0.39, 0.29) is 0 Å². The first-order valence-corrected chi connectivity index (χ1v) is 10.1. The third-order valence-corrected chi connectivity index (χ3v) is 4.06. The topological polar surface area (TPSA) is 29.1 Å². The molecule has 0 saturated carbocycles. The van der Waals surface area contributed by atoms with Crippen molar-refractivity contribution < 1.29 is 4.79 Å². The summed E-state index contributed by atoms with van der Waals surface area (Å²) >= 11 is 0. The van der Waals surface area contributed by atoms with E-state index in [0.717, 1.165) is 12.8 Å². The molecule has 0 heterocycles. The van der Waals surface area contributed by atoms with Crippen molar-refractivity contribution in [2.45, 2.75) is 60.8 Å². The SMILES string of the molecule is C=C(C)C(C)CCCCNC.CC.CC=O.Cc1ccc2ccccc2c1. The third-order valence-electron chi connectivity index (χ3n) is 4.06. The van der Waals surface area contributed by atoms with Crippen LogP contribution in [0.5, 0.6) is 0 Å². The van der Waals surface area contributed by atoms with E-state index in [4.69, 9.17) is 4.79 Å². The van der Waals surface area contributed by atoms with Gasteiger partial charge in [-0.2, -0.15) is 0 Å². The summed E-state index contributed by atoms with van der Waals surface area (Å²) < 4.78 is 0. The largest absolute Gasteiger partial charge is 0.320 e. The second-order valence-electron chi connectivity index (χ2n) is 6.43. The van der Waals surface area contributed by atoms with Crippen LogP contribution in [-0.2, 0) is 4.79 Å². The van der Waals surface area contributed by atoms with Gasteiger partial charge in [0.25, 0.3) is 0 Å². The quantitative estimate of drug-likeness (QED) is 0.337. The molecule has 152 valence electrons. The maximum absolute atomic E-state index is 8.81. The first-order valence-electron chi connectivity index (χ1n) is 10.1. The van der Waals surface area contributed by atoms with E-state index in [1.807, 2.05) is 20.9 Å². The Balaban J connectivity index is 0. The lowest BCUT2D eigenvalue weighted by Crippen LogP contribution is -2.07. The summed E-state index contributed by atoms with van der Waals surface area (Å²) in [6.45, 7) is 17.0. The first-order chi connectivity index (χ1) is 13.0. The fraction of sp³-hybridized carbons (Fsp3) is 0.480. The Labute approximate surface area is 168 Å². The lowest BCUT2D eigenvalue weighted by Gasteiger charge is -2.09. The molecule has 27 heavy (non-hydrogen) atoms. The van der Waals surface area contributed by atoms with E-state index < -0.39 is 0 Å². The maximum Gasteiger partial charge on any atom is 0.116 e. The second-order valence-corrected chi connectivity index (χ2v) is 6.43. The number of allylic oxidation sites excluding steroid dienone is 1. The number of benzene rings is 2. The summed E-state index contributed by atoms with van der Waals surface area (Å²) in [7, 11) is 2.00. The third kappa shape index (κ3) is 14.9. The Morgan fingerprint density at radius 3 is 2.19 bits per heavy atom. The van der Waals surface area contributed by atoms with Gasteiger partial charge in [-0.25, -0.2) is 0 Å². The van der Waals surface area contributed by atoms with Crippen molar-refractivity contribution >= 4 is 17.1 Å². The van der Waals surface area contributed by atoms with Crippen molar-refractivity contribution in [3.63, 3.8) is 0 Å². The van der Waals surface area contributed by atoms with Gasteiger partial charge in [0, 0.05) is 0 Å². The predicted octanol–water partition coefficient (Wildman–Crippen LogP) is 6.97. The number of carbonyl (C=O) groups excluding carboxylic acids is 1. The van der Waals surface area contributed by atoms with Crippen LogP contribution >= 0.6 is 0 Å². The Morgan fingerprint density at radius 1 is 1.11 bits per heavy atom. The highest BCUT2D eigenvalue weighted by Crippen LogP contribution is 2.15. The van der Waals surface area contributed by atoms with E-state index in [2.05, 4.69) is 75.1 Å². The molecule has 0 aliphatic carbocycles. The van der Waals surface area contributed by atoms with Gasteiger partial charge in [0.15, 0.2) is 0 Å². The van der Waals surface area contributed by atoms with Gasteiger partial charge in [0.1, 0.15) is 6.29 Å². The Morgan fingerprint density at radius 2 is 1.67 bits per heavy atom. The number of hydrogen-bond donors (Lipinski definition) is 1. The fourth-order valence-corrected chi connectivity index (χ4v) is 2.31. The predicted molar refractivity (Wildman–Crippen MR) is 124 cm³/mol. The number of hydrogen-bond acceptors (Lipinski definition) is 2. The van der Waals surface area contributed by atoms with Crippen LogP contribution in [-0.4, -0.2) is 19.9 Å². The fourth-order valence-electron chi connectivity index (χ4n) is 2.31. The number of aryl methyl sites for hydroxylation is 1. The van der Waals surface area contributed by atoms with Crippen molar-refractivity contribution in [2.24, 2.45) is 5.92 Å². The second kappa shape index (κ2) is 18.8. The molecule has 0 aliphatic heterocycles. The van der Waals surface area contributed by atoms with E-state index >= 15 is 0 Å². The zero-order chi connectivity index (χ0) is 21.1. The van der Waals surface area contributed by atoms with Gasteiger partial charge in [0.2, 0.25) is 0 Å². The first kappa shape index (κ1) is 27.3. The number of unbranched alkanes of at least 4 members (excludes halogenated alkanes) is 1. The van der Waals surface area contributed by atoms with Gasteiger partial charge in [0.05, 0.1) is 0 Å². The highest BCUT2D eigenvalue weighted by atomic mass is 16.1. The molecule has 1 N–H and O–H groups in total. The molecule has 0 spiro atoms. The standard InChI is InChI=1S/C11H10.C10H21N.C2H4O.C2H6/c1-9-6-7-10-4-2-3-5-11(10)8-9;1-9(2)10(3)7-5-6-8-11-4;1-2-3;1-2/h2-8H,1H3;10-11H,1,5-8H2,2-4H3;2H,1H3;1-2H3. The van der Waals surface area contributed by atoms with Crippen LogP contribution < -0.4 is 5.32 Å². The number of carbonyl (C=O) groups is 1. The lowest BCUT2D eigenvalue weighted by molar-refractivity contribution is -0.106. The van der Waals surface area contributed by atoms with Crippen molar-refractivity contribution in [1.29, 1.82) is 0 Å². The molecule has 0 aliphatic rings. The van der Waals surface area contributed by atoms with Crippen LogP contribution in [0.1, 0.15) is 59.4 Å². The average molecular weight is 372 g/mol. The Kier molecular flexibility index (Phi) is 19.1. The average Bonchev–Trinajstić information content (AvgIpc) is 2.67. The Hall–Kier alpha value is -1.93. The van der Waals surface area contributed by atoms with E-state index in [9.17, 15) is 0 Å². The molecular weight excluding hydrogens is 330 g/mol. The van der Waals surface area contributed by atoms with Gasteiger partial charge in [-0.05, 0) is 63.9 Å². The number of rotatable bonds is 6. The van der Waals surface area contributed by atoms with Gasteiger partial charge < -0.3 is 10.1 Å². The summed E-state index contributed by atoms with van der Waals surface area (Å²) in [4.78, 5) is 8.81. The van der Waals surface area contributed by atoms with E-state index in [1.165, 1.54) is 48.1 Å². The number of nitrogens with one attached hydrogen (secondary N) is 1. The summed E-state index contributed by atoms with van der Waals surface area (Å²) in [6.07, 6.45) is 4.64. The van der Waals surface area contributed by atoms with E-state index in [0.29, 0.717) is 5.92 Å². The van der Waals surface area contributed by atoms with Gasteiger partial charge >= 0.3 is 0 Å². The van der Waals surface area contributed by atoms with Crippen molar-refractivity contribution in [2.75, 3.05) is 13.6 Å². The smallest absolute Gasteiger partial charge is 0.116 e. The summed E-state index contributed by atoms with van der Waals surface area (Å²) in [5.41, 5.74) is 2.64. The monoisotopic (exact) mass is 371 g/mol. The van der Waals surface area contributed by atoms with Crippen LogP contribution in [0.15, 0.2) is 54.6 Å². The highest BCUT2D eigenvalue weighted by molar-refractivity contribution is 5.82. The Bertz CT molecular complexity index is 619. The van der Waals surface area contributed by atoms with Crippen molar-refractivity contribution in [3.8, 4) is 0 Å². The molecule has 0 aromatic heterocycles. The van der Waals surface area contributed by atoms with Crippen molar-refractivity contribution in [1.82, 2.24) is 5.32 Å². The molecular formula is C25H41NO. The molecule has 2 rings (SSSR count). The molecule has 1 unspecified atom stereocenters. The lowest BCUT2D eigenvalue weighted by atomic mass is 9.98. The molecule has 2 aromatic carbocycles. The van der Waals surface area contributed by atoms with Gasteiger partial charge in [-0.1, -0.05) is 87.4 Å². The number of aldehydes is 1. The molecule has 0 saturated heterocycles. The molecule has 1 atom stereocenters. The minimum absolute atomic E-state index is 0.701. The van der Waals surface area contributed by atoms with Crippen LogP contribution in [0.2, 0.25) is 0 Å². The number of fused-ring (bicyclic) bond motifs is 1. The molecule has 2 heteroatoms. The highest BCUT2D eigenvalue weighted by Gasteiger charge is 2.00. The van der Waals surface area contributed by atoms with Crippen LogP contribution in [0.25, 0.3) is 10.8 Å². The minimum Gasteiger partial charge on any atom is -0.320 e. The van der Waals surface area contributed by atoms with Crippen LogP contribution in [0, 0.1) is 12.8 Å². The molecule has 2 aromatic rings. The van der Waals surface area contributed by atoms with Gasteiger partial charge in [-0.3, -0.25) is 0 Å². The maximum atomic E-state index is 8.81. The summed E-state index contributed by atoms with van der Waals surface area (Å²) in [5, 5.41) is 5.79. The van der Waals surface area contributed by atoms with Crippen LogP contribution in [0.3, 0.4) is 0 Å². The zero-order valence-corrected chi connectivity index (χ0v) is 18.6. The van der Waals surface area contributed by atoms with Crippen LogP contribution in [0.4, 0.5) is 0 Å².